The number of rotatable bonds is 4. The maximum absolute atomic E-state index is 13.0. The predicted octanol–water partition coefficient (Wildman–Crippen LogP) is 1.96. The van der Waals surface area contributed by atoms with Gasteiger partial charge >= 0.3 is 0 Å². The Morgan fingerprint density at radius 2 is 1.88 bits per heavy atom. The molecule has 4 rings (SSSR count). The maximum atomic E-state index is 13.0. The van der Waals surface area contributed by atoms with Gasteiger partial charge in [-0.25, -0.2) is 4.39 Å². The Morgan fingerprint density at radius 3 is 2.69 bits per heavy atom. The summed E-state index contributed by atoms with van der Waals surface area (Å²) in [6.45, 7) is 2.49. The number of amides is 1. The lowest BCUT2D eigenvalue weighted by molar-refractivity contribution is -0.910. The lowest BCUT2D eigenvalue weighted by atomic mass is 10.0. The van der Waals surface area contributed by atoms with Gasteiger partial charge in [0.15, 0.2) is 18.0 Å². The van der Waals surface area contributed by atoms with Crippen molar-refractivity contribution in [3.05, 3.63) is 53.8 Å². The van der Waals surface area contributed by atoms with E-state index in [1.165, 1.54) is 22.6 Å². The molecule has 5 nitrogen and oxygen atoms in total. The van der Waals surface area contributed by atoms with Crippen LogP contribution < -0.4 is 19.7 Å². The molecule has 26 heavy (non-hydrogen) atoms. The van der Waals surface area contributed by atoms with Crippen LogP contribution >= 0.6 is 0 Å². The number of halogens is 1. The third kappa shape index (κ3) is 3.65. The van der Waals surface area contributed by atoms with Crippen LogP contribution in [0.15, 0.2) is 42.5 Å². The summed E-state index contributed by atoms with van der Waals surface area (Å²) in [7, 11) is 0. The molecule has 1 unspecified atom stereocenters. The van der Waals surface area contributed by atoms with E-state index in [0.29, 0.717) is 25.4 Å². The minimum Gasteiger partial charge on any atom is -0.486 e. The van der Waals surface area contributed by atoms with Crippen LogP contribution in [0.3, 0.4) is 0 Å². The standard InChI is InChI=1S/C20H21FN2O3/c21-15-4-6-16(7-5-15)22-20(24)13-23-9-1-2-17(23)14-3-8-18-19(12-14)26-11-10-25-18/h3-8,12,17H,1-2,9-11,13H2,(H,22,24)/p+1/t17-/m1/s1. The monoisotopic (exact) mass is 357 g/mol. The fourth-order valence-electron chi connectivity index (χ4n) is 3.75. The molecule has 0 aromatic heterocycles. The van der Waals surface area contributed by atoms with Crippen LogP contribution in [-0.2, 0) is 4.79 Å². The van der Waals surface area contributed by atoms with Crippen molar-refractivity contribution in [2.24, 2.45) is 0 Å². The number of nitrogens with one attached hydrogen (secondary N) is 2. The number of ether oxygens (including phenoxy) is 2. The van der Waals surface area contributed by atoms with E-state index in [9.17, 15) is 9.18 Å². The molecule has 2 aromatic carbocycles. The minimum atomic E-state index is -0.313. The second kappa shape index (κ2) is 7.33. The Kier molecular flexibility index (Phi) is 4.75. The molecule has 6 heteroatoms. The molecule has 0 spiro atoms. The number of benzene rings is 2. The molecule has 0 radical (unpaired) electrons. The van der Waals surface area contributed by atoms with Crippen molar-refractivity contribution in [2.45, 2.75) is 18.9 Å². The summed E-state index contributed by atoms with van der Waals surface area (Å²) in [6, 6.07) is 12.2. The van der Waals surface area contributed by atoms with E-state index in [2.05, 4.69) is 11.4 Å². The molecule has 2 heterocycles. The zero-order valence-corrected chi connectivity index (χ0v) is 14.5. The van der Waals surface area contributed by atoms with Crippen molar-refractivity contribution in [1.29, 1.82) is 0 Å². The molecule has 1 saturated heterocycles. The summed E-state index contributed by atoms with van der Waals surface area (Å²) >= 11 is 0. The molecule has 1 fully saturated rings. The summed E-state index contributed by atoms with van der Waals surface area (Å²) in [6.07, 6.45) is 2.12. The molecule has 2 atom stereocenters. The SMILES string of the molecule is O=C(C[NH+]1CCC[C@@H]1c1ccc2c(c1)OCCO2)Nc1ccc(F)cc1. The van der Waals surface area contributed by atoms with E-state index in [1.807, 2.05) is 12.1 Å². The van der Waals surface area contributed by atoms with Gasteiger partial charge in [0.2, 0.25) is 0 Å². The van der Waals surface area contributed by atoms with E-state index in [1.54, 1.807) is 12.1 Å². The van der Waals surface area contributed by atoms with Crippen molar-refractivity contribution in [3.8, 4) is 11.5 Å². The van der Waals surface area contributed by atoms with E-state index < -0.39 is 0 Å². The number of fused-ring (bicyclic) bond motifs is 1. The summed E-state index contributed by atoms with van der Waals surface area (Å²) in [5.74, 6) is 1.20. The fraction of sp³-hybridized carbons (Fsp3) is 0.350. The van der Waals surface area contributed by atoms with E-state index >= 15 is 0 Å². The van der Waals surface area contributed by atoms with Gasteiger partial charge in [-0.1, -0.05) is 0 Å². The highest BCUT2D eigenvalue weighted by molar-refractivity contribution is 5.91. The van der Waals surface area contributed by atoms with Gasteiger partial charge in [0, 0.05) is 24.1 Å². The summed E-state index contributed by atoms with van der Waals surface area (Å²) in [5.41, 5.74) is 1.79. The predicted molar refractivity (Wildman–Crippen MR) is 95.1 cm³/mol. The van der Waals surface area contributed by atoms with Crippen LogP contribution in [0, 0.1) is 5.82 Å². The van der Waals surface area contributed by atoms with Crippen LogP contribution in [0.1, 0.15) is 24.4 Å². The Morgan fingerprint density at radius 1 is 1.12 bits per heavy atom. The molecular weight excluding hydrogens is 335 g/mol. The maximum Gasteiger partial charge on any atom is 0.279 e. The number of hydrogen-bond acceptors (Lipinski definition) is 3. The van der Waals surface area contributed by atoms with Gasteiger partial charge in [-0.3, -0.25) is 4.79 Å². The van der Waals surface area contributed by atoms with Crippen LogP contribution in [0.25, 0.3) is 0 Å². The molecule has 0 aliphatic carbocycles. The second-order valence-corrected chi connectivity index (χ2v) is 6.74. The van der Waals surface area contributed by atoms with E-state index in [0.717, 1.165) is 30.9 Å². The lowest BCUT2D eigenvalue weighted by Crippen LogP contribution is -3.11. The molecule has 1 amide bonds. The first-order chi connectivity index (χ1) is 12.7. The number of likely N-dealkylation sites (tertiary alicyclic amines) is 1. The topological polar surface area (TPSA) is 52.0 Å². The van der Waals surface area contributed by atoms with Gasteiger partial charge in [0.25, 0.3) is 5.91 Å². The van der Waals surface area contributed by atoms with Gasteiger partial charge in [0.05, 0.1) is 6.54 Å². The van der Waals surface area contributed by atoms with Crippen molar-refractivity contribution in [3.63, 3.8) is 0 Å². The first-order valence-corrected chi connectivity index (χ1v) is 8.98. The lowest BCUT2D eigenvalue weighted by Gasteiger charge is -2.24. The Hall–Kier alpha value is -2.60. The van der Waals surface area contributed by atoms with E-state index in [4.69, 9.17) is 9.47 Å². The highest BCUT2D eigenvalue weighted by Crippen LogP contribution is 2.33. The van der Waals surface area contributed by atoms with E-state index in [-0.39, 0.29) is 17.8 Å². The largest absolute Gasteiger partial charge is 0.486 e. The molecule has 2 aliphatic rings. The minimum absolute atomic E-state index is 0.0592. The molecular formula is C20H22FN2O3+. The fourth-order valence-corrected chi connectivity index (χ4v) is 3.75. The number of anilines is 1. The molecule has 2 N–H and O–H groups in total. The van der Waals surface area contributed by atoms with Crippen LogP contribution in [-0.4, -0.2) is 32.2 Å². The van der Waals surface area contributed by atoms with Crippen molar-refractivity contribution < 1.29 is 23.6 Å². The zero-order chi connectivity index (χ0) is 17.9. The first kappa shape index (κ1) is 16.8. The van der Waals surface area contributed by atoms with Crippen LogP contribution in [0.2, 0.25) is 0 Å². The quantitative estimate of drug-likeness (QED) is 0.880. The average molecular weight is 357 g/mol. The van der Waals surface area contributed by atoms with Gasteiger partial charge in [-0.15, -0.1) is 0 Å². The van der Waals surface area contributed by atoms with Gasteiger partial charge in [-0.05, 0) is 42.5 Å². The Bertz CT molecular complexity index is 794. The van der Waals surface area contributed by atoms with Crippen molar-refractivity contribution in [1.82, 2.24) is 0 Å². The van der Waals surface area contributed by atoms with Crippen molar-refractivity contribution >= 4 is 11.6 Å². The number of carbonyl (C=O) groups is 1. The van der Waals surface area contributed by atoms with Crippen LogP contribution in [0.4, 0.5) is 10.1 Å². The van der Waals surface area contributed by atoms with Crippen LogP contribution in [0.5, 0.6) is 11.5 Å². The normalized spacial score (nSPS) is 21.4. The highest BCUT2D eigenvalue weighted by atomic mass is 19.1. The smallest absolute Gasteiger partial charge is 0.279 e. The summed E-state index contributed by atoms with van der Waals surface area (Å²) in [4.78, 5) is 13.6. The Labute approximate surface area is 151 Å². The molecule has 0 saturated carbocycles. The number of hydrogen-bond donors (Lipinski definition) is 2. The van der Waals surface area contributed by atoms with Gasteiger partial charge in [-0.2, -0.15) is 0 Å². The average Bonchev–Trinajstić information content (AvgIpc) is 3.11. The molecule has 2 aromatic rings. The third-order valence-electron chi connectivity index (χ3n) is 4.97. The number of carbonyl (C=O) groups excluding carboxylic acids is 1. The molecule has 136 valence electrons. The third-order valence-corrected chi connectivity index (χ3v) is 4.97. The molecule has 0 bridgehead atoms. The van der Waals surface area contributed by atoms with Crippen molar-refractivity contribution in [2.75, 3.05) is 31.6 Å². The zero-order valence-electron chi connectivity index (χ0n) is 14.5. The Balaban J connectivity index is 1.43. The highest BCUT2D eigenvalue weighted by Gasteiger charge is 2.32. The molecule has 2 aliphatic heterocycles. The number of quaternary nitrogens is 1. The summed E-state index contributed by atoms with van der Waals surface area (Å²) < 4.78 is 24.2. The van der Waals surface area contributed by atoms with Gasteiger partial charge < -0.3 is 19.7 Å². The first-order valence-electron chi connectivity index (χ1n) is 8.98. The second-order valence-electron chi connectivity index (χ2n) is 6.74. The summed E-state index contributed by atoms with van der Waals surface area (Å²) in [5, 5.41) is 2.85. The van der Waals surface area contributed by atoms with Gasteiger partial charge in [0.1, 0.15) is 25.1 Å².